The zero-order chi connectivity index (χ0) is 26.2. The number of hydrogen-bond acceptors (Lipinski definition) is 7. The van der Waals surface area contributed by atoms with Crippen molar-refractivity contribution in [3.05, 3.63) is 82.2 Å². The minimum absolute atomic E-state index is 0.232. The fraction of sp³-hybridized carbons (Fsp3) is 0.148. The second kappa shape index (κ2) is 12.3. The van der Waals surface area contributed by atoms with Gasteiger partial charge in [0.2, 0.25) is 0 Å². The first-order chi connectivity index (χ1) is 17.9. The van der Waals surface area contributed by atoms with Gasteiger partial charge in [-0.25, -0.2) is 4.99 Å². The topological polar surface area (TPSA) is 98.3 Å². The summed E-state index contributed by atoms with van der Waals surface area (Å²) >= 11 is 7.66. The first-order valence-corrected chi connectivity index (χ1v) is 12.5. The van der Waals surface area contributed by atoms with Crippen molar-refractivity contribution in [2.75, 3.05) is 25.6 Å². The second-order valence-electron chi connectivity index (χ2n) is 7.65. The molecule has 0 spiro atoms. The van der Waals surface area contributed by atoms with Crippen molar-refractivity contribution in [1.82, 2.24) is 5.32 Å². The number of anilines is 1. The molecule has 3 aromatic carbocycles. The molecule has 0 atom stereocenters. The molecule has 2 N–H and O–H groups in total. The van der Waals surface area contributed by atoms with Crippen molar-refractivity contribution in [3.8, 4) is 17.2 Å². The molecule has 1 fully saturated rings. The maximum Gasteiger partial charge on any atom is 0.264 e. The molecular weight excluding hydrogens is 514 g/mol. The molecule has 0 saturated carbocycles. The van der Waals surface area contributed by atoms with Gasteiger partial charge < -0.3 is 24.8 Å². The smallest absolute Gasteiger partial charge is 0.264 e. The first kappa shape index (κ1) is 26.1. The van der Waals surface area contributed by atoms with Crippen LogP contribution in [0.2, 0.25) is 5.02 Å². The van der Waals surface area contributed by atoms with Gasteiger partial charge >= 0.3 is 0 Å². The van der Waals surface area contributed by atoms with Crippen LogP contribution < -0.4 is 24.8 Å². The van der Waals surface area contributed by atoms with Crippen molar-refractivity contribution in [1.29, 1.82) is 0 Å². The lowest BCUT2D eigenvalue weighted by molar-refractivity contribution is -0.118. The van der Waals surface area contributed by atoms with Crippen LogP contribution in [-0.2, 0) is 9.59 Å². The van der Waals surface area contributed by atoms with Crippen LogP contribution in [0.4, 0.5) is 11.4 Å². The Morgan fingerprint density at radius 1 is 1.11 bits per heavy atom. The average Bonchev–Trinajstić information content (AvgIpc) is 3.23. The third-order valence-corrected chi connectivity index (χ3v) is 6.17. The van der Waals surface area contributed by atoms with Crippen LogP contribution >= 0.6 is 23.4 Å². The van der Waals surface area contributed by atoms with Gasteiger partial charge in [0.05, 0.1) is 29.3 Å². The van der Waals surface area contributed by atoms with Gasteiger partial charge in [-0.3, -0.25) is 9.59 Å². The number of benzene rings is 3. The van der Waals surface area contributed by atoms with Crippen LogP contribution in [0.3, 0.4) is 0 Å². The predicted octanol–water partition coefficient (Wildman–Crippen LogP) is 5.66. The predicted molar refractivity (Wildman–Crippen MR) is 147 cm³/mol. The van der Waals surface area contributed by atoms with Crippen molar-refractivity contribution < 1.29 is 23.8 Å². The maximum atomic E-state index is 12.5. The summed E-state index contributed by atoms with van der Waals surface area (Å²) in [6.45, 7) is 2.25. The Balaban J connectivity index is 1.45. The van der Waals surface area contributed by atoms with E-state index in [1.54, 1.807) is 30.3 Å². The zero-order valence-corrected chi connectivity index (χ0v) is 21.7. The van der Waals surface area contributed by atoms with Gasteiger partial charge in [0.1, 0.15) is 5.75 Å². The van der Waals surface area contributed by atoms with E-state index in [2.05, 4.69) is 15.6 Å². The third-order valence-electron chi connectivity index (χ3n) is 4.98. The molecule has 2 amide bonds. The lowest BCUT2D eigenvalue weighted by Gasteiger charge is -2.13. The summed E-state index contributed by atoms with van der Waals surface area (Å²) in [5.74, 6) is 0.705. The number of hydrogen-bond donors (Lipinski definition) is 2. The highest BCUT2D eigenvalue weighted by Gasteiger charge is 2.24. The van der Waals surface area contributed by atoms with E-state index in [1.165, 1.54) is 18.9 Å². The number of amides is 2. The van der Waals surface area contributed by atoms with E-state index < -0.39 is 0 Å². The summed E-state index contributed by atoms with van der Waals surface area (Å²) < 4.78 is 16.5. The molecule has 1 aliphatic rings. The largest absolute Gasteiger partial charge is 0.494 e. The molecule has 0 aliphatic carbocycles. The van der Waals surface area contributed by atoms with Crippen LogP contribution in [0.1, 0.15) is 12.5 Å². The molecule has 0 unspecified atom stereocenters. The number of ether oxygens (including phenoxy) is 3. The number of rotatable bonds is 9. The molecular formula is C27H24ClN3O5S. The zero-order valence-electron chi connectivity index (χ0n) is 20.1. The molecule has 3 aromatic rings. The Morgan fingerprint density at radius 2 is 1.86 bits per heavy atom. The second-order valence-corrected chi connectivity index (χ2v) is 9.08. The van der Waals surface area contributed by atoms with E-state index in [9.17, 15) is 9.59 Å². The van der Waals surface area contributed by atoms with Gasteiger partial charge in [-0.1, -0.05) is 29.8 Å². The number of nitrogens with one attached hydrogen (secondary N) is 2. The van der Waals surface area contributed by atoms with Crippen LogP contribution in [0, 0.1) is 0 Å². The number of carbonyl (C=O) groups excluding carboxylic acids is 2. The summed E-state index contributed by atoms with van der Waals surface area (Å²) in [5, 5.41) is 6.20. The number of para-hydroxylation sites is 1. The van der Waals surface area contributed by atoms with E-state index in [0.717, 1.165) is 5.75 Å². The first-order valence-electron chi connectivity index (χ1n) is 11.3. The van der Waals surface area contributed by atoms with Crippen LogP contribution in [0.15, 0.2) is 76.6 Å². The van der Waals surface area contributed by atoms with E-state index in [1.807, 2.05) is 49.4 Å². The quantitative estimate of drug-likeness (QED) is 0.342. The van der Waals surface area contributed by atoms with Crippen molar-refractivity contribution in [3.63, 3.8) is 0 Å². The summed E-state index contributed by atoms with van der Waals surface area (Å²) in [6.07, 6.45) is 1.68. The van der Waals surface area contributed by atoms with E-state index in [4.69, 9.17) is 25.8 Å². The van der Waals surface area contributed by atoms with Crippen LogP contribution in [0.25, 0.3) is 6.08 Å². The molecule has 10 heteroatoms. The fourth-order valence-electron chi connectivity index (χ4n) is 3.35. The van der Waals surface area contributed by atoms with Gasteiger partial charge in [0.15, 0.2) is 23.3 Å². The highest BCUT2D eigenvalue weighted by Crippen LogP contribution is 2.38. The Bertz CT molecular complexity index is 1340. The number of carbonyl (C=O) groups is 2. The highest BCUT2D eigenvalue weighted by atomic mass is 35.5. The number of thioether (sulfide) groups is 1. The summed E-state index contributed by atoms with van der Waals surface area (Å²) in [7, 11) is 1.47. The number of amidine groups is 1. The average molecular weight is 538 g/mol. The number of halogens is 1. The lowest BCUT2D eigenvalue weighted by atomic mass is 10.2. The molecule has 0 bridgehead atoms. The number of nitrogens with zero attached hydrogens (tertiary/aromatic N) is 1. The molecule has 37 heavy (non-hydrogen) atoms. The molecule has 190 valence electrons. The SMILES string of the molecule is CCOc1ccc(N=C2NC(=O)/C(=C\c3cc(Cl)c(OCC(=O)Nc4ccccc4)c(OC)c3)S2)cc1. The Kier molecular flexibility index (Phi) is 8.71. The lowest BCUT2D eigenvalue weighted by Crippen LogP contribution is -2.20. The van der Waals surface area contributed by atoms with Crippen molar-refractivity contribution in [2.45, 2.75) is 6.92 Å². The van der Waals surface area contributed by atoms with Gasteiger partial charge in [0, 0.05) is 5.69 Å². The summed E-state index contributed by atoms with van der Waals surface area (Å²) in [5.41, 5.74) is 1.98. The summed E-state index contributed by atoms with van der Waals surface area (Å²) in [4.78, 5) is 29.7. The third kappa shape index (κ3) is 7.05. The van der Waals surface area contributed by atoms with Gasteiger partial charge in [-0.15, -0.1) is 0 Å². The van der Waals surface area contributed by atoms with E-state index in [0.29, 0.717) is 39.4 Å². The molecule has 1 heterocycles. The molecule has 0 aromatic heterocycles. The summed E-state index contributed by atoms with van der Waals surface area (Å²) in [6, 6.07) is 19.6. The minimum atomic E-state index is -0.339. The number of aliphatic imine (C=N–C) groups is 1. The van der Waals surface area contributed by atoms with Crippen LogP contribution in [-0.4, -0.2) is 37.3 Å². The van der Waals surface area contributed by atoms with Gasteiger partial charge in [-0.05, 0) is 78.9 Å². The maximum absolute atomic E-state index is 12.5. The van der Waals surface area contributed by atoms with E-state index >= 15 is 0 Å². The van der Waals surface area contributed by atoms with Gasteiger partial charge in [-0.2, -0.15) is 0 Å². The Hall–Kier alpha value is -3.95. The van der Waals surface area contributed by atoms with Crippen molar-refractivity contribution >= 4 is 57.8 Å². The standard InChI is InChI=1S/C27H24ClN3O5S/c1-3-35-20-11-9-19(10-12-20)30-27-31-26(33)23(37-27)15-17-13-21(28)25(22(14-17)34-2)36-16-24(32)29-18-7-5-4-6-8-18/h4-15H,3,16H2,1-2H3,(H,29,32)(H,30,31,33)/b23-15+. The highest BCUT2D eigenvalue weighted by molar-refractivity contribution is 8.18. The molecule has 1 aliphatic heterocycles. The minimum Gasteiger partial charge on any atom is -0.494 e. The normalized spacial score (nSPS) is 14.9. The van der Waals surface area contributed by atoms with E-state index in [-0.39, 0.29) is 29.2 Å². The van der Waals surface area contributed by atoms with Crippen molar-refractivity contribution in [2.24, 2.45) is 4.99 Å². The number of methoxy groups -OCH3 is 1. The molecule has 8 nitrogen and oxygen atoms in total. The van der Waals surface area contributed by atoms with Crippen LogP contribution in [0.5, 0.6) is 17.2 Å². The Labute approximate surface area is 223 Å². The van der Waals surface area contributed by atoms with Gasteiger partial charge in [0.25, 0.3) is 11.8 Å². The molecule has 4 rings (SSSR count). The Morgan fingerprint density at radius 3 is 2.57 bits per heavy atom. The molecule has 0 radical (unpaired) electrons. The molecule has 1 saturated heterocycles. The fourth-order valence-corrected chi connectivity index (χ4v) is 4.47. The monoisotopic (exact) mass is 537 g/mol.